The number of phenols is 1. The number of hydrogen-bond donors (Lipinski definition) is 2. The quantitative estimate of drug-likeness (QED) is 0.734. The molecule has 15 heavy (non-hydrogen) atoms. The van der Waals surface area contributed by atoms with Gasteiger partial charge in [0.05, 0.1) is 7.11 Å². The highest BCUT2D eigenvalue weighted by molar-refractivity contribution is 5.52. The number of fused-ring (bicyclic) bond motifs is 1. The van der Waals surface area contributed by atoms with Crippen LogP contribution >= 0.6 is 0 Å². The molecule has 0 aliphatic carbocycles. The summed E-state index contributed by atoms with van der Waals surface area (Å²) in [7, 11) is 1.43. The third-order valence-electron chi connectivity index (χ3n) is 2.07. The minimum Gasteiger partial charge on any atom is -0.504 e. The molecule has 82 valence electrons. The normalized spacial score (nSPS) is 13.2. The number of hydrogen-bond acceptors (Lipinski definition) is 5. The number of nitrogens with one attached hydrogen (secondary N) is 1. The van der Waals surface area contributed by atoms with Crippen molar-refractivity contribution in [1.82, 2.24) is 5.48 Å². The van der Waals surface area contributed by atoms with Gasteiger partial charge in [0.1, 0.15) is 0 Å². The van der Waals surface area contributed by atoms with E-state index in [2.05, 4.69) is 10.3 Å². The molecule has 0 bridgehead atoms. The van der Waals surface area contributed by atoms with Crippen LogP contribution in [-0.2, 0) is 11.4 Å². The lowest BCUT2D eigenvalue weighted by atomic mass is 10.1. The van der Waals surface area contributed by atoms with E-state index in [-0.39, 0.29) is 19.1 Å². The lowest BCUT2D eigenvalue weighted by Crippen LogP contribution is -2.11. The molecule has 0 saturated heterocycles. The van der Waals surface area contributed by atoms with Crippen molar-refractivity contribution in [3.05, 3.63) is 17.4 Å². The van der Waals surface area contributed by atoms with Gasteiger partial charge >= 0.3 is 0 Å². The molecule has 0 saturated carbocycles. The monoisotopic (exact) mass is 215 g/mol. The maximum absolute atomic E-state index is 13.5. The summed E-state index contributed by atoms with van der Waals surface area (Å²) in [5.41, 5.74) is 2.85. The largest absolute Gasteiger partial charge is 0.504 e. The van der Waals surface area contributed by atoms with Gasteiger partial charge in [0.25, 0.3) is 0 Å². The number of hydroxylamine groups is 1. The van der Waals surface area contributed by atoms with Gasteiger partial charge in [-0.2, -0.15) is 9.87 Å². The average Bonchev–Trinajstić information content (AvgIpc) is 2.69. The van der Waals surface area contributed by atoms with Crippen LogP contribution in [0.3, 0.4) is 0 Å². The molecule has 6 heteroatoms. The van der Waals surface area contributed by atoms with E-state index < -0.39 is 11.6 Å². The van der Waals surface area contributed by atoms with Crippen molar-refractivity contribution in [3.63, 3.8) is 0 Å². The maximum Gasteiger partial charge on any atom is 0.231 e. The molecule has 0 atom stereocenters. The first kappa shape index (κ1) is 10.0. The van der Waals surface area contributed by atoms with Crippen LogP contribution in [0.1, 0.15) is 5.56 Å². The van der Waals surface area contributed by atoms with Gasteiger partial charge in [-0.05, 0) is 6.07 Å². The predicted molar refractivity (Wildman–Crippen MR) is 48.0 cm³/mol. The summed E-state index contributed by atoms with van der Waals surface area (Å²) >= 11 is 0. The minimum absolute atomic E-state index is 0.0349. The number of benzene rings is 1. The van der Waals surface area contributed by atoms with Crippen molar-refractivity contribution >= 4 is 0 Å². The van der Waals surface area contributed by atoms with Gasteiger partial charge in [-0.15, -0.1) is 0 Å². The van der Waals surface area contributed by atoms with E-state index in [0.717, 1.165) is 0 Å². The highest BCUT2D eigenvalue weighted by Crippen LogP contribution is 2.41. The van der Waals surface area contributed by atoms with Crippen molar-refractivity contribution in [3.8, 4) is 17.2 Å². The second kappa shape index (κ2) is 3.92. The minimum atomic E-state index is -0.807. The molecular formula is C9H10FNO4. The van der Waals surface area contributed by atoms with Gasteiger partial charge in [-0.25, -0.2) is 0 Å². The summed E-state index contributed by atoms with van der Waals surface area (Å²) in [4.78, 5) is 4.60. The molecule has 0 aromatic heterocycles. The molecule has 0 spiro atoms. The van der Waals surface area contributed by atoms with E-state index in [9.17, 15) is 9.50 Å². The third-order valence-corrected chi connectivity index (χ3v) is 2.07. The fourth-order valence-electron chi connectivity index (χ4n) is 1.33. The smallest absolute Gasteiger partial charge is 0.231 e. The van der Waals surface area contributed by atoms with Gasteiger partial charge in [0, 0.05) is 12.1 Å². The second-order valence-corrected chi connectivity index (χ2v) is 2.96. The summed E-state index contributed by atoms with van der Waals surface area (Å²) in [5.74, 6) is -1.02. The number of ether oxygens (including phenoxy) is 2. The fraction of sp³-hybridized carbons (Fsp3) is 0.333. The lowest BCUT2D eigenvalue weighted by molar-refractivity contribution is 0.0860. The molecule has 5 nitrogen and oxygen atoms in total. The van der Waals surface area contributed by atoms with Crippen molar-refractivity contribution in [2.45, 2.75) is 6.54 Å². The van der Waals surface area contributed by atoms with Crippen molar-refractivity contribution in [2.75, 3.05) is 13.9 Å². The molecule has 1 aliphatic rings. The van der Waals surface area contributed by atoms with Gasteiger partial charge in [-0.1, -0.05) is 0 Å². The first-order chi connectivity index (χ1) is 7.24. The number of halogens is 1. The summed E-state index contributed by atoms with van der Waals surface area (Å²) < 4.78 is 23.3. The Hall–Kier alpha value is -1.53. The Balaban J connectivity index is 2.36. The van der Waals surface area contributed by atoms with Crippen molar-refractivity contribution in [2.24, 2.45) is 0 Å². The van der Waals surface area contributed by atoms with Crippen LogP contribution in [0.15, 0.2) is 6.07 Å². The first-order valence-corrected chi connectivity index (χ1v) is 4.30. The van der Waals surface area contributed by atoms with Crippen LogP contribution < -0.4 is 15.0 Å². The SMILES string of the molecule is CONCc1cc2c(c(F)c1O)OCO2. The second-order valence-electron chi connectivity index (χ2n) is 2.96. The molecule has 0 fully saturated rings. The highest BCUT2D eigenvalue weighted by atomic mass is 19.1. The summed E-state index contributed by atoms with van der Waals surface area (Å²) in [5, 5.41) is 9.48. The Morgan fingerprint density at radius 2 is 2.40 bits per heavy atom. The molecular weight excluding hydrogens is 205 g/mol. The van der Waals surface area contributed by atoms with E-state index in [0.29, 0.717) is 11.3 Å². The molecule has 2 N–H and O–H groups in total. The first-order valence-electron chi connectivity index (χ1n) is 4.30. The van der Waals surface area contributed by atoms with Gasteiger partial charge in [-0.3, -0.25) is 0 Å². The van der Waals surface area contributed by atoms with Crippen molar-refractivity contribution < 1.29 is 23.8 Å². The fourth-order valence-corrected chi connectivity index (χ4v) is 1.33. The molecule has 1 aromatic rings. The van der Waals surface area contributed by atoms with Crippen LogP contribution in [0.25, 0.3) is 0 Å². The van der Waals surface area contributed by atoms with E-state index >= 15 is 0 Å². The average molecular weight is 215 g/mol. The zero-order valence-electron chi connectivity index (χ0n) is 8.04. The predicted octanol–water partition coefficient (Wildman–Crippen LogP) is 0.911. The number of rotatable bonds is 3. The van der Waals surface area contributed by atoms with Crippen LogP contribution in [0, 0.1) is 5.82 Å². The molecule has 0 radical (unpaired) electrons. The Morgan fingerprint density at radius 3 is 3.13 bits per heavy atom. The summed E-state index contributed by atoms with van der Waals surface area (Å²) in [6.45, 7) is 0.142. The highest BCUT2D eigenvalue weighted by Gasteiger charge is 2.24. The lowest BCUT2D eigenvalue weighted by Gasteiger charge is -2.07. The molecule has 0 amide bonds. The van der Waals surface area contributed by atoms with Crippen LogP contribution in [-0.4, -0.2) is 19.0 Å². The Labute approximate surface area is 85.3 Å². The zero-order valence-corrected chi connectivity index (χ0v) is 8.04. The van der Waals surface area contributed by atoms with Crippen LogP contribution in [0.2, 0.25) is 0 Å². The van der Waals surface area contributed by atoms with E-state index in [1.54, 1.807) is 0 Å². The van der Waals surface area contributed by atoms with Gasteiger partial charge in [0.2, 0.25) is 18.4 Å². The number of phenolic OH excluding ortho intramolecular Hbond substituents is 1. The van der Waals surface area contributed by atoms with Crippen molar-refractivity contribution in [1.29, 1.82) is 0 Å². The molecule has 0 unspecified atom stereocenters. The maximum atomic E-state index is 13.5. The summed E-state index contributed by atoms with van der Waals surface area (Å²) in [6, 6.07) is 1.51. The van der Waals surface area contributed by atoms with E-state index in [1.165, 1.54) is 13.2 Å². The topological polar surface area (TPSA) is 60.0 Å². The molecule has 1 aliphatic heterocycles. The van der Waals surface area contributed by atoms with E-state index in [4.69, 9.17) is 9.47 Å². The molecule has 2 rings (SSSR count). The Kier molecular flexibility index (Phi) is 2.61. The summed E-state index contributed by atoms with van der Waals surface area (Å²) in [6.07, 6.45) is 0. The Bertz CT molecular complexity index is 383. The van der Waals surface area contributed by atoms with Crippen LogP contribution in [0.4, 0.5) is 4.39 Å². The molecule has 1 aromatic carbocycles. The standard InChI is InChI=1S/C9H10FNO4/c1-13-11-3-5-2-6-9(15-4-14-6)7(10)8(5)12/h2,11-12H,3-4H2,1H3. The Morgan fingerprint density at radius 1 is 1.60 bits per heavy atom. The van der Waals surface area contributed by atoms with Gasteiger partial charge < -0.3 is 19.4 Å². The zero-order chi connectivity index (χ0) is 10.8. The number of aromatic hydroxyl groups is 1. The third kappa shape index (κ3) is 1.69. The van der Waals surface area contributed by atoms with E-state index in [1.807, 2.05) is 0 Å². The van der Waals surface area contributed by atoms with Crippen LogP contribution in [0.5, 0.6) is 17.2 Å². The van der Waals surface area contributed by atoms with Gasteiger partial charge in [0.15, 0.2) is 11.5 Å². The molecule has 1 heterocycles.